The molecule has 1 amide bonds. The lowest BCUT2D eigenvalue weighted by atomic mass is 9.92. The molecule has 1 fully saturated rings. The molecular formula is C18H26ClFN2O. The maximum absolute atomic E-state index is 13.0. The zero-order valence-corrected chi connectivity index (χ0v) is 14.7. The van der Waals surface area contributed by atoms with Gasteiger partial charge < -0.3 is 10.2 Å². The number of rotatable bonds is 6. The van der Waals surface area contributed by atoms with Crippen LogP contribution in [0, 0.1) is 17.7 Å². The zero-order valence-electron chi connectivity index (χ0n) is 13.9. The van der Waals surface area contributed by atoms with E-state index in [0.29, 0.717) is 12.1 Å². The first kappa shape index (κ1) is 18.2. The van der Waals surface area contributed by atoms with Crippen molar-refractivity contribution in [2.24, 2.45) is 11.8 Å². The standard InChI is InChI=1S/C18H26ClFN2O/c1-13-9-14(2)12-22(11-13)8-4-3-7-21-18(23)16-6-5-15(20)10-17(16)19/h5-6,10,13-14H,3-4,7-9,11-12H2,1-2H3,(H,21,23)/t13-,14-/m1/s1. The van der Waals surface area contributed by atoms with Crippen LogP contribution in [-0.2, 0) is 0 Å². The van der Waals surface area contributed by atoms with Gasteiger partial charge in [-0.2, -0.15) is 0 Å². The summed E-state index contributed by atoms with van der Waals surface area (Å²) in [6.45, 7) is 8.70. The number of likely N-dealkylation sites (tertiary alicyclic amines) is 1. The van der Waals surface area contributed by atoms with Gasteiger partial charge in [-0.25, -0.2) is 4.39 Å². The van der Waals surface area contributed by atoms with Gasteiger partial charge in [-0.15, -0.1) is 0 Å². The van der Waals surface area contributed by atoms with E-state index >= 15 is 0 Å². The van der Waals surface area contributed by atoms with Crippen LogP contribution < -0.4 is 5.32 Å². The number of amides is 1. The van der Waals surface area contributed by atoms with E-state index in [2.05, 4.69) is 24.1 Å². The fourth-order valence-corrected chi connectivity index (χ4v) is 3.66. The Labute approximate surface area is 143 Å². The molecule has 1 aromatic carbocycles. The third-order valence-electron chi connectivity index (χ3n) is 4.31. The van der Waals surface area contributed by atoms with E-state index in [1.807, 2.05) is 0 Å². The smallest absolute Gasteiger partial charge is 0.252 e. The number of nitrogens with one attached hydrogen (secondary N) is 1. The van der Waals surface area contributed by atoms with Crippen molar-refractivity contribution < 1.29 is 9.18 Å². The SMILES string of the molecule is C[C@@H]1C[C@@H](C)CN(CCCCNC(=O)c2ccc(F)cc2Cl)C1. The molecule has 128 valence electrons. The Hall–Kier alpha value is -1.13. The monoisotopic (exact) mass is 340 g/mol. The summed E-state index contributed by atoms with van der Waals surface area (Å²) in [5.74, 6) is 0.880. The molecule has 2 atom stereocenters. The van der Waals surface area contributed by atoms with Gasteiger partial charge in [0.2, 0.25) is 0 Å². The van der Waals surface area contributed by atoms with E-state index in [0.717, 1.165) is 37.3 Å². The molecular weight excluding hydrogens is 315 g/mol. The molecule has 3 nitrogen and oxygen atoms in total. The van der Waals surface area contributed by atoms with Gasteiger partial charge in [-0.3, -0.25) is 4.79 Å². The summed E-state index contributed by atoms with van der Waals surface area (Å²) in [5, 5.41) is 3.00. The molecule has 5 heteroatoms. The van der Waals surface area contributed by atoms with Gasteiger partial charge in [0.05, 0.1) is 10.6 Å². The van der Waals surface area contributed by atoms with Crippen LogP contribution in [-0.4, -0.2) is 37.0 Å². The van der Waals surface area contributed by atoms with E-state index in [4.69, 9.17) is 11.6 Å². The Morgan fingerprint density at radius 2 is 2.00 bits per heavy atom. The number of halogens is 2. The third kappa shape index (κ3) is 5.78. The summed E-state index contributed by atoms with van der Waals surface area (Å²) in [4.78, 5) is 14.5. The van der Waals surface area contributed by atoms with Crippen LogP contribution in [0.5, 0.6) is 0 Å². The second-order valence-electron chi connectivity index (χ2n) is 6.79. The van der Waals surface area contributed by atoms with Crippen LogP contribution in [0.15, 0.2) is 18.2 Å². The van der Waals surface area contributed by atoms with E-state index in [9.17, 15) is 9.18 Å². The van der Waals surface area contributed by atoms with Crippen molar-refractivity contribution in [2.45, 2.75) is 33.1 Å². The summed E-state index contributed by atoms with van der Waals surface area (Å²) in [6, 6.07) is 3.83. The number of carbonyl (C=O) groups is 1. The topological polar surface area (TPSA) is 32.3 Å². The third-order valence-corrected chi connectivity index (χ3v) is 4.62. The van der Waals surface area contributed by atoms with Gasteiger partial charge >= 0.3 is 0 Å². The molecule has 1 aliphatic rings. The predicted octanol–water partition coefficient (Wildman–Crippen LogP) is 3.97. The summed E-state index contributed by atoms with van der Waals surface area (Å²) in [5.41, 5.74) is 0.326. The molecule has 1 N–H and O–H groups in total. The van der Waals surface area contributed by atoms with E-state index in [1.165, 1.54) is 31.6 Å². The van der Waals surface area contributed by atoms with Gasteiger partial charge in [0.25, 0.3) is 5.91 Å². The fraction of sp³-hybridized carbons (Fsp3) is 0.611. The van der Waals surface area contributed by atoms with Crippen LogP contribution in [0.1, 0.15) is 43.5 Å². The van der Waals surface area contributed by atoms with Crippen molar-refractivity contribution in [1.29, 1.82) is 0 Å². The second kappa shape index (κ2) is 8.65. The number of nitrogens with zero attached hydrogens (tertiary/aromatic N) is 1. The zero-order chi connectivity index (χ0) is 16.8. The van der Waals surface area contributed by atoms with Crippen LogP contribution in [0.3, 0.4) is 0 Å². The number of hydrogen-bond donors (Lipinski definition) is 1. The number of carbonyl (C=O) groups excluding carboxylic acids is 1. The Morgan fingerprint density at radius 1 is 1.30 bits per heavy atom. The molecule has 0 saturated carbocycles. The summed E-state index contributed by atoms with van der Waals surface area (Å²) >= 11 is 5.89. The molecule has 0 aliphatic carbocycles. The summed E-state index contributed by atoms with van der Waals surface area (Å²) in [6.07, 6.45) is 3.33. The van der Waals surface area contributed by atoms with Crippen molar-refractivity contribution >= 4 is 17.5 Å². The highest BCUT2D eigenvalue weighted by molar-refractivity contribution is 6.33. The average molecular weight is 341 g/mol. The van der Waals surface area contributed by atoms with Crippen molar-refractivity contribution in [3.8, 4) is 0 Å². The number of unbranched alkanes of at least 4 members (excludes halogenated alkanes) is 1. The lowest BCUT2D eigenvalue weighted by Gasteiger charge is -2.34. The number of piperidine rings is 1. The van der Waals surface area contributed by atoms with Gasteiger partial charge in [-0.05, 0) is 55.8 Å². The van der Waals surface area contributed by atoms with Crippen molar-refractivity contribution in [1.82, 2.24) is 10.2 Å². The largest absolute Gasteiger partial charge is 0.352 e. The van der Waals surface area contributed by atoms with Crippen molar-refractivity contribution in [3.05, 3.63) is 34.6 Å². The van der Waals surface area contributed by atoms with E-state index < -0.39 is 5.82 Å². The van der Waals surface area contributed by atoms with Crippen LogP contribution in [0.25, 0.3) is 0 Å². The second-order valence-corrected chi connectivity index (χ2v) is 7.20. The maximum atomic E-state index is 13.0. The highest BCUT2D eigenvalue weighted by Crippen LogP contribution is 2.21. The highest BCUT2D eigenvalue weighted by atomic mass is 35.5. The first-order chi connectivity index (χ1) is 11.0. The molecule has 0 unspecified atom stereocenters. The van der Waals surface area contributed by atoms with Crippen molar-refractivity contribution in [2.75, 3.05) is 26.2 Å². The van der Waals surface area contributed by atoms with Gasteiger partial charge in [0.15, 0.2) is 0 Å². The molecule has 23 heavy (non-hydrogen) atoms. The average Bonchev–Trinajstić information content (AvgIpc) is 2.45. The highest BCUT2D eigenvalue weighted by Gasteiger charge is 2.21. The van der Waals surface area contributed by atoms with Crippen LogP contribution >= 0.6 is 11.6 Å². The quantitative estimate of drug-likeness (QED) is 0.795. The molecule has 0 radical (unpaired) electrons. The molecule has 1 saturated heterocycles. The Morgan fingerprint density at radius 3 is 2.65 bits per heavy atom. The van der Waals surface area contributed by atoms with Crippen LogP contribution in [0.4, 0.5) is 4.39 Å². The van der Waals surface area contributed by atoms with Gasteiger partial charge in [-0.1, -0.05) is 25.4 Å². The molecule has 0 bridgehead atoms. The minimum Gasteiger partial charge on any atom is -0.352 e. The predicted molar refractivity (Wildman–Crippen MR) is 92.4 cm³/mol. The molecule has 1 aromatic rings. The molecule has 0 spiro atoms. The molecule has 0 aromatic heterocycles. The molecule has 2 rings (SSSR count). The minimum absolute atomic E-state index is 0.152. The normalized spacial score (nSPS) is 22.1. The molecule has 1 aliphatic heterocycles. The number of benzene rings is 1. The summed E-state index contributed by atoms with van der Waals surface area (Å²) < 4.78 is 13.0. The van der Waals surface area contributed by atoms with Crippen molar-refractivity contribution in [3.63, 3.8) is 0 Å². The lowest BCUT2D eigenvalue weighted by Crippen LogP contribution is -2.39. The Balaban J connectivity index is 1.66. The first-order valence-electron chi connectivity index (χ1n) is 8.41. The van der Waals surface area contributed by atoms with Gasteiger partial charge in [0, 0.05) is 19.6 Å². The Bertz CT molecular complexity index is 528. The molecule has 1 heterocycles. The van der Waals surface area contributed by atoms with E-state index in [-0.39, 0.29) is 10.9 Å². The number of hydrogen-bond acceptors (Lipinski definition) is 2. The van der Waals surface area contributed by atoms with Crippen LogP contribution in [0.2, 0.25) is 5.02 Å². The van der Waals surface area contributed by atoms with E-state index in [1.54, 1.807) is 0 Å². The lowest BCUT2D eigenvalue weighted by molar-refractivity contribution is 0.0951. The minimum atomic E-state index is -0.434. The summed E-state index contributed by atoms with van der Waals surface area (Å²) in [7, 11) is 0. The Kier molecular flexibility index (Phi) is 6.85. The first-order valence-corrected chi connectivity index (χ1v) is 8.79. The maximum Gasteiger partial charge on any atom is 0.252 e. The van der Waals surface area contributed by atoms with Gasteiger partial charge in [0.1, 0.15) is 5.82 Å². The fourth-order valence-electron chi connectivity index (χ4n) is 3.41.